The second kappa shape index (κ2) is 5.33. The van der Waals surface area contributed by atoms with Gasteiger partial charge in [-0.1, -0.05) is 26.8 Å². The minimum absolute atomic E-state index is 0.581. The van der Waals surface area contributed by atoms with Crippen molar-refractivity contribution < 1.29 is 0 Å². The summed E-state index contributed by atoms with van der Waals surface area (Å²) >= 11 is 1.89. The van der Waals surface area contributed by atoms with E-state index in [2.05, 4.69) is 43.6 Å². The molecule has 1 heterocycles. The molecule has 1 aliphatic carbocycles. The molecule has 1 fully saturated rings. The first-order chi connectivity index (χ1) is 7.65. The Balaban J connectivity index is 1.92. The van der Waals surface area contributed by atoms with Crippen molar-refractivity contribution in [3.05, 3.63) is 22.4 Å². The van der Waals surface area contributed by atoms with Gasteiger partial charge >= 0.3 is 0 Å². The molecule has 0 radical (unpaired) electrons. The van der Waals surface area contributed by atoms with E-state index in [0.717, 1.165) is 17.9 Å². The van der Waals surface area contributed by atoms with Gasteiger partial charge in [-0.05, 0) is 42.5 Å². The van der Waals surface area contributed by atoms with E-state index in [9.17, 15) is 0 Å². The maximum absolute atomic E-state index is 3.83. The van der Waals surface area contributed by atoms with Crippen LogP contribution in [0.3, 0.4) is 0 Å². The largest absolute Gasteiger partial charge is 0.306 e. The summed E-state index contributed by atoms with van der Waals surface area (Å²) in [6.07, 6.45) is 3.98. The summed E-state index contributed by atoms with van der Waals surface area (Å²) < 4.78 is 0. The Hall–Kier alpha value is -0.340. The summed E-state index contributed by atoms with van der Waals surface area (Å²) in [6, 6.07) is 5.78. The van der Waals surface area contributed by atoms with Crippen LogP contribution in [0.4, 0.5) is 0 Å². The summed E-state index contributed by atoms with van der Waals surface area (Å²) in [5.41, 5.74) is 0. The summed E-state index contributed by atoms with van der Waals surface area (Å²) in [5, 5.41) is 6.02. The normalized spacial score (nSPS) is 26.8. The molecule has 1 aliphatic rings. The molecule has 1 N–H and O–H groups in total. The Morgan fingerprint density at radius 2 is 2.19 bits per heavy atom. The quantitative estimate of drug-likeness (QED) is 0.808. The van der Waals surface area contributed by atoms with Crippen molar-refractivity contribution in [2.75, 3.05) is 0 Å². The highest BCUT2D eigenvalue weighted by Gasteiger charge is 2.28. The van der Waals surface area contributed by atoms with Crippen LogP contribution < -0.4 is 5.32 Å². The summed E-state index contributed by atoms with van der Waals surface area (Å²) in [4.78, 5) is 1.51. The van der Waals surface area contributed by atoms with Gasteiger partial charge in [0.15, 0.2) is 0 Å². The van der Waals surface area contributed by atoms with Gasteiger partial charge in [-0.2, -0.15) is 0 Å². The predicted octanol–water partition coefficient (Wildman–Crippen LogP) is 4.22. The molecule has 1 atom stereocenters. The molecule has 0 spiro atoms. The van der Waals surface area contributed by atoms with Crippen LogP contribution in [0.1, 0.15) is 51.0 Å². The van der Waals surface area contributed by atoms with E-state index in [-0.39, 0.29) is 0 Å². The van der Waals surface area contributed by atoms with Gasteiger partial charge < -0.3 is 5.32 Å². The Labute approximate surface area is 103 Å². The Morgan fingerprint density at radius 3 is 2.69 bits per heavy atom. The third-order valence-corrected chi connectivity index (χ3v) is 4.39. The molecule has 1 aromatic heterocycles. The standard InChI is InChI=1S/C14H23NS/c1-10(2)7-13(14-5-4-6-16-14)15-12-8-11(3)9-12/h4-6,10-13,15H,7-9H2,1-3H3. The van der Waals surface area contributed by atoms with Crippen molar-refractivity contribution in [2.24, 2.45) is 11.8 Å². The van der Waals surface area contributed by atoms with Gasteiger partial charge in [-0.3, -0.25) is 0 Å². The second-order valence-corrected chi connectivity index (χ2v) is 6.62. The van der Waals surface area contributed by atoms with Crippen molar-refractivity contribution in [3.63, 3.8) is 0 Å². The lowest BCUT2D eigenvalue weighted by molar-refractivity contribution is 0.214. The first kappa shape index (κ1) is 12.1. The average molecular weight is 237 g/mol. The van der Waals surface area contributed by atoms with Gasteiger partial charge in [0.25, 0.3) is 0 Å². The smallest absolute Gasteiger partial charge is 0.0419 e. The molecule has 2 heteroatoms. The van der Waals surface area contributed by atoms with Crippen LogP contribution >= 0.6 is 11.3 Å². The second-order valence-electron chi connectivity index (χ2n) is 5.64. The van der Waals surface area contributed by atoms with Gasteiger partial charge in [0.2, 0.25) is 0 Å². The van der Waals surface area contributed by atoms with E-state index < -0.39 is 0 Å². The highest BCUT2D eigenvalue weighted by atomic mass is 32.1. The maximum atomic E-state index is 3.83. The third kappa shape index (κ3) is 3.08. The fourth-order valence-corrected chi connectivity index (χ4v) is 3.35. The highest BCUT2D eigenvalue weighted by Crippen LogP contribution is 2.32. The van der Waals surface area contributed by atoms with E-state index in [1.807, 2.05) is 11.3 Å². The van der Waals surface area contributed by atoms with Gasteiger partial charge in [-0.25, -0.2) is 0 Å². The summed E-state index contributed by atoms with van der Waals surface area (Å²) in [6.45, 7) is 6.97. The van der Waals surface area contributed by atoms with E-state index >= 15 is 0 Å². The monoisotopic (exact) mass is 237 g/mol. The molecule has 0 bridgehead atoms. The average Bonchev–Trinajstić information content (AvgIpc) is 2.65. The van der Waals surface area contributed by atoms with Gasteiger partial charge in [0, 0.05) is 17.0 Å². The Morgan fingerprint density at radius 1 is 1.44 bits per heavy atom. The predicted molar refractivity (Wildman–Crippen MR) is 71.8 cm³/mol. The number of thiophene rings is 1. The van der Waals surface area contributed by atoms with Gasteiger partial charge in [0.1, 0.15) is 0 Å². The van der Waals surface area contributed by atoms with Crippen molar-refractivity contribution in [1.82, 2.24) is 5.32 Å². The fraction of sp³-hybridized carbons (Fsp3) is 0.714. The van der Waals surface area contributed by atoms with Crippen LogP contribution in [-0.2, 0) is 0 Å². The van der Waals surface area contributed by atoms with E-state index in [1.165, 1.54) is 24.1 Å². The molecule has 16 heavy (non-hydrogen) atoms. The molecule has 1 nitrogen and oxygen atoms in total. The van der Waals surface area contributed by atoms with Crippen LogP contribution in [0.25, 0.3) is 0 Å². The van der Waals surface area contributed by atoms with Crippen molar-refractivity contribution in [2.45, 2.75) is 52.1 Å². The lowest BCUT2D eigenvalue weighted by Gasteiger charge is -2.36. The molecule has 0 aliphatic heterocycles. The minimum Gasteiger partial charge on any atom is -0.306 e. The molecular weight excluding hydrogens is 214 g/mol. The highest BCUT2D eigenvalue weighted by molar-refractivity contribution is 7.10. The number of rotatable bonds is 5. The zero-order valence-electron chi connectivity index (χ0n) is 10.6. The minimum atomic E-state index is 0.581. The maximum Gasteiger partial charge on any atom is 0.0419 e. The molecular formula is C14H23NS. The number of hydrogen-bond donors (Lipinski definition) is 1. The van der Waals surface area contributed by atoms with Crippen molar-refractivity contribution >= 4 is 11.3 Å². The molecule has 1 unspecified atom stereocenters. The molecule has 0 saturated heterocycles. The lowest BCUT2D eigenvalue weighted by Crippen LogP contribution is -2.42. The van der Waals surface area contributed by atoms with Crippen molar-refractivity contribution in [3.8, 4) is 0 Å². The van der Waals surface area contributed by atoms with E-state index in [1.54, 1.807) is 0 Å². The zero-order chi connectivity index (χ0) is 11.5. The molecule has 1 saturated carbocycles. The van der Waals surface area contributed by atoms with Crippen LogP contribution in [0.15, 0.2) is 17.5 Å². The number of hydrogen-bond acceptors (Lipinski definition) is 2. The Bertz CT molecular complexity index is 299. The lowest BCUT2D eigenvalue weighted by atomic mass is 9.81. The molecule has 0 aromatic carbocycles. The van der Waals surface area contributed by atoms with Gasteiger partial charge in [0.05, 0.1) is 0 Å². The molecule has 0 amide bonds. The van der Waals surface area contributed by atoms with Gasteiger partial charge in [-0.15, -0.1) is 11.3 Å². The van der Waals surface area contributed by atoms with Crippen LogP contribution in [0.5, 0.6) is 0 Å². The fourth-order valence-electron chi connectivity index (χ4n) is 2.55. The zero-order valence-corrected chi connectivity index (χ0v) is 11.4. The number of nitrogens with one attached hydrogen (secondary N) is 1. The third-order valence-electron chi connectivity index (χ3n) is 3.40. The first-order valence-corrected chi connectivity index (χ1v) is 7.32. The Kier molecular flexibility index (Phi) is 4.04. The topological polar surface area (TPSA) is 12.0 Å². The molecule has 1 aromatic rings. The van der Waals surface area contributed by atoms with Crippen molar-refractivity contribution in [1.29, 1.82) is 0 Å². The summed E-state index contributed by atoms with van der Waals surface area (Å²) in [5.74, 6) is 1.69. The SMILES string of the molecule is CC(C)CC(NC1CC(C)C1)c1cccs1. The van der Waals surface area contributed by atoms with E-state index in [4.69, 9.17) is 0 Å². The van der Waals surface area contributed by atoms with Crippen LogP contribution in [-0.4, -0.2) is 6.04 Å². The first-order valence-electron chi connectivity index (χ1n) is 6.44. The molecule has 2 rings (SSSR count). The molecule has 90 valence electrons. The van der Waals surface area contributed by atoms with Crippen LogP contribution in [0.2, 0.25) is 0 Å². The van der Waals surface area contributed by atoms with E-state index in [0.29, 0.717) is 6.04 Å². The van der Waals surface area contributed by atoms with Crippen LogP contribution in [0, 0.1) is 11.8 Å². The summed E-state index contributed by atoms with van der Waals surface area (Å²) in [7, 11) is 0.